The van der Waals surface area contributed by atoms with Gasteiger partial charge >= 0.3 is 5.97 Å². The Morgan fingerprint density at radius 3 is 2.78 bits per heavy atom. The fourth-order valence-electron chi connectivity index (χ4n) is 1.43. The van der Waals surface area contributed by atoms with Crippen LogP contribution in [0.3, 0.4) is 0 Å². The third-order valence-corrected chi connectivity index (χ3v) is 2.39. The minimum Gasteiger partial charge on any atom is -0.476 e. The SMILES string of the molecule is Cc1ccc(C)c(Oc2cncc(C(=O)O)n2)c1. The topological polar surface area (TPSA) is 72.3 Å². The number of ether oxygens (including phenoxy) is 1. The molecule has 1 heterocycles. The van der Waals surface area contributed by atoms with Crippen molar-refractivity contribution in [1.82, 2.24) is 9.97 Å². The summed E-state index contributed by atoms with van der Waals surface area (Å²) in [6.07, 6.45) is 2.56. The molecule has 0 bridgehead atoms. The molecule has 0 saturated heterocycles. The molecule has 0 aliphatic carbocycles. The largest absolute Gasteiger partial charge is 0.476 e. The minimum atomic E-state index is -1.13. The molecule has 0 unspecified atom stereocenters. The van der Waals surface area contributed by atoms with E-state index in [2.05, 4.69) is 9.97 Å². The number of aromatic carboxylic acids is 1. The number of hydrogen-bond acceptors (Lipinski definition) is 4. The van der Waals surface area contributed by atoms with Crippen molar-refractivity contribution < 1.29 is 14.6 Å². The lowest BCUT2D eigenvalue weighted by atomic mass is 10.1. The smallest absolute Gasteiger partial charge is 0.356 e. The van der Waals surface area contributed by atoms with Crippen molar-refractivity contribution in [2.45, 2.75) is 13.8 Å². The van der Waals surface area contributed by atoms with Gasteiger partial charge in [0.15, 0.2) is 5.69 Å². The highest BCUT2D eigenvalue weighted by molar-refractivity contribution is 5.84. The third-order valence-electron chi connectivity index (χ3n) is 2.39. The van der Waals surface area contributed by atoms with Crippen LogP contribution in [0.4, 0.5) is 0 Å². The highest BCUT2D eigenvalue weighted by Crippen LogP contribution is 2.24. The Kier molecular flexibility index (Phi) is 3.23. The first-order chi connectivity index (χ1) is 8.56. The lowest BCUT2D eigenvalue weighted by Crippen LogP contribution is -2.02. The van der Waals surface area contributed by atoms with Crippen LogP contribution in [0.2, 0.25) is 0 Å². The zero-order valence-corrected chi connectivity index (χ0v) is 10.0. The first-order valence-corrected chi connectivity index (χ1v) is 5.36. The van der Waals surface area contributed by atoms with Crippen LogP contribution in [-0.4, -0.2) is 21.0 Å². The second-order valence-electron chi connectivity index (χ2n) is 3.92. The van der Waals surface area contributed by atoms with Crippen molar-refractivity contribution >= 4 is 5.97 Å². The van der Waals surface area contributed by atoms with E-state index in [9.17, 15) is 4.79 Å². The average molecular weight is 244 g/mol. The molecular formula is C13H12N2O3. The second kappa shape index (κ2) is 4.83. The van der Waals surface area contributed by atoms with Gasteiger partial charge in [0.2, 0.25) is 5.88 Å². The average Bonchev–Trinajstić information content (AvgIpc) is 2.34. The van der Waals surface area contributed by atoms with Crippen LogP contribution in [0, 0.1) is 13.8 Å². The molecule has 5 nitrogen and oxygen atoms in total. The molecule has 0 aliphatic rings. The van der Waals surface area contributed by atoms with Gasteiger partial charge in [-0.15, -0.1) is 0 Å². The number of nitrogens with zero attached hydrogens (tertiary/aromatic N) is 2. The maximum absolute atomic E-state index is 10.8. The lowest BCUT2D eigenvalue weighted by Gasteiger charge is -2.08. The summed E-state index contributed by atoms with van der Waals surface area (Å²) in [7, 11) is 0. The van der Waals surface area contributed by atoms with E-state index in [-0.39, 0.29) is 11.6 Å². The van der Waals surface area contributed by atoms with Gasteiger partial charge in [-0.05, 0) is 31.0 Å². The molecule has 0 atom stereocenters. The van der Waals surface area contributed by atoms with Crippen molar-refractivity contribution in [2.75, 3.05) is 0 Å². The van der Waals surface area contributed by atoms with Gasteiger partial charge in [0.1, 0.15) is 5.75 Å². The Morgan fingerprint density at radius 1 is 1.28 bits per heavy atom. The van der Waals surface area contributed by atoms with Gasteiger partial charge in [-0.2, -0.15) is 0 Å². The van der Waals surface area contributed by atoms with Gasteiger partial charge in [-0.25, -0.2) is 9.78 Å². The quantitative estimate of drug-likeness (QED) is 0.898. The maximum atomic E-state index is 10.8. The monoisotopic (exact) mass is 244 g/mol. The molecule has 2 rings (SSSR count). The second-order valence-corrected chi connectivity index (χ2v) is 3.92. The number of benzene rings is 1. The van der Waals surface area contributed by atoms with Gasteiger partial charge in [0.05, 0.1) is 12.4 Å². The van der Waals surface area contributed by atoms with Crippen LogP contribution in [0.5, 0.6) is 11.6 Å². The highest BCUT2D eigenvalue weighted by atomic mass is 16.5. The number of carbonyl (C=O) groups is 1. The fraction of sp³-hybridized carbons (Fsp3) is 0.154. The summed E-state index contributed by atoms with van der Waals surface area (Å²) in [6.45, 7) is 3.86. The number of carboxylic acid groups (broad SMARTS) is 1. The Labute approximate surface area is 104 Å². The summed E-state index contributed by atoms with van der Waals surface area (Å²) in [5, 5.41) is 8.82. The normalized spacial score (nSPS) is 10.1. The van der Waals surface area contributed by atoms with Gasteiger partial charge in [0.25, 0.3) is 0 Å². The predicted molar refractivity (Wildman–Crippen MR) is 65.0 cm³/mol. The van der Waals surface area contributed by atoms with Crippen molar-refractivity contribution in [3.8, 4) is 11.6 Å². The molecular weight excluding hydrogens is 232 g/mol. The molecule has 5 heteroatoms. The fourth-order valence-corrected chi connectivity index (χ4v) is 1.43. The first kappa shape index (κ1) is 12.0. The van der Waals surface area contributed by atoms with Crippen LogP contribution in [0.15, 0.2) is 30.6 Å². The molecule has 0 radical (unpaired) electrons. The van der Waals surface area contributed by atoms with E-state index < -0.39 is 5.97 Å². The highest BCUT2D eigenvalue weighted by Gasteiger charge is 2.08. The van der Waals surface area contributed by atoms with Crippen molar-refractivity contribution in [3.63, 3.8) is 0 Å². The molecule has 0 spiro atoms. The van der Waals surface area contributed by atoms with E-state index in [0.29, 0.717) is 5.75 Å². The molecule has 1 aromatic heterocycles. The van der Waals surface area contributed by atoms with E-state index in [0.717, 1.165) is 11.1 Å². The Balaban J connectivity index is 2.31. The van der Waals surface area contributed by atoms with Gasteiger partial charge in [-0.3, -0.25) is 4.98 Å². The third kappa shape index (κ3) is 2.63. The summed E-state index contributed by atoms with van der Waals surface area (Å²) in [5.41, 5.74) is 1.86. The molecule has 0 saturated carbocycles. The summed E-state index contributed by atoms with van der Waals surface area (Å²) >= 11 is 0. The first-order valence-electron chi connectivity index (χ1n) is 5.36. The zero-order valence-electron chi connectivity index (χ0n) is 10.0. The number of hydrogen-bond donors (Lipinski definition) is 1. The minimum absolute atomic E-state index is 0.141. The standard InChI is InChI=1S/C13H12N2O3/c1-8-3-4-9(2)11(5-8)18-12-7-14-6-10(15-12)13(16)17/h3-7H,1-2H3,(H,16,17). The van der Waals surface area contributed by atoms with Gasteiger partial charge < -0.3 is 9.84 Å². The van der Waals surface area contributed by atoms with Gasteiger partial charge in [-0.1, -0.05) is 12.1 Å². The van der Waals surface area contributed by atoms with E-state index in [1.807, 2.05) is 32.0 Å². The summed E-state index contributed by atoms with van der Waals surface area (Å²) in [4.78, 5) is 18.4. The Bertz CT molecular complexity index is 597. The lowest BCUT2D eigenvalue weighted by molar-refractivity contribution is 0.0689. The number of aromatic nitrogens is 2. The number of carboxylic acids is 1. The van der Waals surface area contributed by atoms with Gasteiger partial charge in [0, 0.05) is 0 Å². The zero-order chi connectivity index (χ0) is 13.1. The molecule has 1 N–H and O–H groups in total. The molecule has 92 valence electrons. The molecule has 18 heavy (non-hydrogen) atoms. The molecule has 0 amide bonds. The summed E-state index contributed by atoms with van der Waals surface area (Å²) in [6, 6.07) is 5.77. The summed E-state index contributed by atoms with van der Waals surface area (Å²) in [5.74, 6) is -0.315. The van der Waals surface area contributed by atoms with Crippen molar-refractivity contribution in [3.05, 3.63) is 47.4 Å². The predicted octanol–water partition coefficient (Wildman–Crippen LogP) is 2.58. The molecule has 2 aromatic rings. The number of rotatable bonds is 3. The van der Waals surface area contributed by atoms with Crippen LogP contribution in [0.1, 0.15) is 21.6 Å². The van der Waals surface area contributed by atoms with E-state index in [1.165, 1.54) is 12.4 Å². The van der Waals surface area contributed by atoms with Crippen LogP contribution >= 0.6 is 0 Å². The maximum Gasteiger partial charge on any atom is 0.356 e. The summed E-state index contributed by atoms with van der Waals surface area (Å²) < 4.78 is 5.54. The van der Waals surface area contributed by atoms with Crippen LogP contribution in [-0.2, 0) is 0 Å². The van der Waals surface area contributed by atoms with Crippen LogP contribution < -0.4 is 4.74 Å². The van der Waals surface area contributed by atoms with Crippen molar-refractivity contribution in [2.24, 2.45) is 0 Å². The Hall–Kier alpha value is -2.43. The Morgan fingerprint density at radius 2 is 2.06 bits per heavy atom. The van der Waals surface area contributed by atoms with E-state index >= 15 is 0 Å². The van der Waals surface area contributed by atoms with Crippen molar-refractivity contribution in [1.29, 1.82) is 0 Å². The molecule has 0 fully saturated rings. The van der Waals surface area contributed by atoms with Crippen LogP contribution in [0.25, 0.3) is 0 Å². The van der Waals surface area contributed by atoms with E-state index in [1.54, 1.807) is 0 Å². The number of aryl methyl sites for hydroxylation is 2. The molecule has 0 aliphatic heterocycles. The molecule has 1 aromatic carbocycles. The van der Waals surface area contributed by atoms with E-state index in [4.69, 9.17) is 9.84 Å².